The van der Waals surface area contributed by atoms with E-state index in [1.807, 2.05) is 55.5 Å². The zero-order valence-corrected chi connectivity index (χ0v) is 11.8. The van der Waals surface area contributed by atoms with Crippen LogP contribution in [0.2, 0.25) is 0 Å². The van der Waals surface area contributed by atoms with Crippen LogP contribution in [0, 0.1) is 0 Å². The summed E-state index contributed by atoms with van der Waals surface area (Å²) in [5.41, 5.74) is 3.14. The van der Waals surface area contributed by atoms with Crippen molar-refractivity contribution in [2.45, 2.75) is 13.3 Å². The molecule has 2 aromatic rings. The van der Waals surface area contributed by atoms with Crippen LogP contribution < -0.4 is 4.74 Å². The van der Waals surface area contributed by atoms with Crippen molar-refractivity contribution in [1.82, 2.24) is 0 Å². The fourth-order valence-corrected chi connectivity index (χ4v) is 2.00. The van der Waals surface area contributed by atoms with Gasteiger partial charge in [0.15, 0.2) is 0 Å². The molecule has 3 nitrogen and oxygen atoms in total. The molecule has 0 aromatic heterocycles. The van der Waals surface area contributed by atoms with Crippen LogP contribution in [0.4, 0.5) is 0 Å². The zero-order chi connectivity index (χ0) is 14.4. The average Bonchev–Trinajstić information content (AvgIpc) is 2.48. The predicted octanol–water partition coefficient (Wildman–Crippen LogP) is 3.47. The summed E-state index contributed by atoms with van der Waals surface area (Å²) < 4.78 is 10.2. The first-order valence-corrected chi connectivity index (χ1v) is 6.62. The summed E-state index contributed by atoms with van der Waals surface area (Å²) in [6.07, 6.45) is 0.312. The minimum Gasteiger partial charge on any atom is -0.497 e. The molecule has 0 atom stereocenters. The molecule has 2 aromatic carbocycles. The van der Waals surface area contributed by atoms with Crippen LogP contribution in [-0.2, 0) is 16.0 Å². The van der Waals surface area contributed by atoms with E-state index in [2.05, 4.69) is 0 Å². The molecule has 0 N–H and O–H groups in total. The van der Waals surface area contributed by atoms with E-state index in [4.69, 9.17) is 9.47 Å². The van der Waals surface area contributed by atoms with Crippen molar-refractivity contribution in [2.75, 3.05) is 13.7 Å². The van der Waals surface area contributed by atoms with Crippen LogP contribution in [0.3, 0.4) is 0 Å². The Morgan fingerprint density at radius 2 is 1.80 bits per heavy atom. The highest BCUT2D eigenvalue weighted by Crippen LogP contribution is 2.24. The second kappa shape index (κ2) is 6.75. The molecule has 0 amide bonds. The summed E-state index contributed by atoms with van der Waals surface area (Å²) in [5, 5.41) is 0. The van der Waals surface area contributed by atoms with E-state index >= 15 is 0 Å². The van der Waals surface area contributed by atoms with Crippen LogP contribution in [0.5, 0.6) is 5.75 Å². The van der Waals surface area contributed by atoms with Gasteiger partial charge >= 0.3 is 5.97 Å². The lowest BCUT2D eigenvalue weighted by molar-refractivity contribution is -0.142. The Morgan fingerprint density at radius 3 is 2.45 bits per heavy atom. The van der Waals surface area contributed by atoms with Crippen LogP contribution in [-0.4, -0.2) is 19.7 Å². The summed E-state index contributed by atoms with van der Waals surface area (Å²) in [4.78, 5) is 11.4. The first-order valence-electron chi connectivity index (χ1n) is 6.62. The number of rotatable bonds is 5. The number of hydrogen-bond donors (Lipinski definition) is 0. The van der Waals surface area contributed by atoms with Crippen molar-refractivity contribution in [3.63, 3.8) is 0 Å². The average molecular weight is 270 g/mol. The van der Waals surface area contributed by atoms with Crippen molar-refractivity contribution in [3.8, 4) is 16.9 Å². The molecule has 0 aliphatic carbocycles. The standard InChI is InChI=1S/C17H18O3/c1-3-20-17(18)11-13-7-9-14(10-8-13)15-5-4-6-16(12-15)19-2/h4-10,12H,3,11H2,1-2H3. The Balaban J connectivity index is 2.13. The monoisotopic (exact) mass is 270 g/mol. The van der Waals surface area contributed by atoms with Gasteiger partial charge in [-0.05, 0) is 35.7 Å². The molecule has 2 rings (SSSR count). The molecule has 0 saturated carbocycles. The molecular formula is C17H18O3. The molecule has 0 spiro atoms. The van der Waals surface area contributed by atoms with Crippen LogP contribution >= 0.6 is 0 Å². The van der Waals surface area contributed by atoms with Gasteiger partial charge in [-0.15, -0.1) is 0 Å². The lowest BCUT2D eigenvalue weighted by Gasteiger charge is -2.06. The highest BCUT2D eigenvalue weighted by Gasteiger charge is 2.05. The van der Waals surface area contributed by atoms with Gasteiger partial charge in [-0.1, -0.05) is 36.4 Å². The van der Waals surface area contributed by atoms with Crippen molar-refractivity contribution in [1.29, 1.82) is 0 Å². The molecule has 104 valence electrons. The molecule has 20 heavy (non-hydrogen) atoms. The van der Waals surface area contributed by atoms with E-state index in [-0.39, 0.29) is 5.97 Å². The molecule has 0 aliphatic heterocycles. The Kier molecular flexibility index (Phi) is 4.77. The van der Waals surface area contributed by atoms with Gasteiger partial charge in [-0.2, -0.15) is 0 Å². The van der Waals surface area contributed by atoms with Gasteiger partial charge in [0.2, 0.25) is 0 Å². The third-order valence-electron chi connectivity index (χ3n) is 3.01. The van der Waals surface area contributed by atoms with Crippen LogP contribution in [0.25, 0.3) is 11.1 Å². The molecule has 0 bridgehead atoms. The fourth-order valence-electron chi connectivity index (χ4n) is 2.00. The zero-order valence-electron chi connectivity index (χ0n) is 11.8. The molecular weight excluding hydrogens is 252 g/mol. The van der Waals surface area contributed by atoms with Gasteiger partial charge in [0.25, 0.3) is 0 Å². The number of benzene rings is 2. The lowest BCUT2D eigenvalue weighted by atomic mass is 10.0. The highest BCUT2D eigenvalue weighted by atomic mass is 16.5. The number of methoxy groups -OCH3 is 1. The first-order chi connectivity index (χ1) is 9.72. The second-order valence-electron chi connectivity index (χ2n) is 4.41. The summed E-state index contributed by atoms with van der Waals surface area (Å²) >= 11 is 0. The lowest BCUT2D eigenvalue weighted by Crippen LogP contribution is -2.07. The van der Waals surface area contributed by atoms with E-state index in [9.17, 15) is 4.79 Å². The van der Waals surface area contributed by atoms with E-state index in [1.54, 1.807) is 7.11 Å². The van der Waals surface area contributed by atoms with Gasteiger partial charge in [0, 0.05) is 0 Å². The summed E-state index contributed by atoms with van der Waals surface area (Å²) in [7, 11) is 1.65. The molecule has 3 heteroatoms. The minimum absolute atomic E-state index is 0.193. The number of esters is 1. The Hall–Kier alpha value is -2.29. The molecule has 0 radical (unpaired) electrons. The minimum atomic E-state index is -0.193. The van der Waals surface area contributed by atoms with Crippen LogP contribution in [0.15, 0.2) is 48.5 Å². The summed E-state index contributed by atoms with van der Waals surface area (Å²) in [6.45, 7) is 2.23. The third kappa shape index (κ3) is 3.60. The maximum Gasteiger partial charge on any atom is 0.310 e. The Labute approximate surface area is 119 Å². The predicted molar refractivity (Wildman–Crippen MR) is 78.8 cm³/mol. The molecule has 0 fully saturated rings. The van der Waals surface area contributed by atoms with E-state index in [0.29, 0.717) is 13.0 Å². The maximum absolute atomic E-state index is 11.4. The summed E-state index contributed by atoms with van der Waals surface area (Å²) in [5.74, 6) is 0.639. The maximum atomic E-state index is 11.4. The van der Waals surface area contributed by atoms with Gasteiger partial charge in [-0.3, -0.25) is 4.79 Å². The number of hydrogen-bond acceptors (Lipinski definition) is 3. The van der Waals surface area contributed by atoms with Gasteiger partial charge < -0.3 is 9.47 Å². The first kappa shape index (κ1) is 14.1. The van der Waals surface area contributed by atoms with Gasteiger partial charge in [-0.25, -0.2) is 0 Å². The van der Waals surface area contributed by atoms with Crippen molar-refractivity contribution < 1.29 is 14.3 Å². The molecule has 0 saturated heterocycles. The number of ether oxygens (including phenoxy) is 2. The third-order valence-corrected chi connectivity index (χ3v) is 3.01. The number of carbonyl (C=O) groups excluding carboxylic acids is 1. The normalized spacial score (nSPS) is 10.1. The van der Waals surface area contributed by atoms with E-state index < -0.39 is 0 Å². The van der Waals surface area contributed by atoms with Crippen LogP contribution in [0.1, 0.15) is 12.5 Å². The van der Waals surface area contributed by atoms with E-state index in [1.165, 1.54) is 0 Å². The molecule has 0 heterocycles. The SMILES string of the molecule is CCOC(=O)Cc1ccc(-c2cccc(OC)c2)cc1. The quantitative estimate of drug-likeness (QED) is 0.780. The van der Waals surface area contributed by atoms with Crippen molar-refractivity contribution in [3.05, 3.63) is 54.1 Å². The highest BCUT2D eigenvalue weighted by molar-refractivity contribution is 5.73. The number of carbonyl (C=O) groups is 1. The molecule has 0 aliphatic rings. The topological polar surface area (TPSA) is 35.5 Å². The Bertz CT molecular complexity index is 573. The second-order valence-corrected chi connectivity index (χ2v) is 4.41. The fraction of sp³-hybridized carbons (Fsp3) is 0.235. The summed E-state index contributed by atoms with van der Waals surface area (Å²) in [6, 6.07) is 15.8. The van der Waals surface area contributed by atoms with E-state index in [0.717, 1.165) is 22.4 Å². The van der Waals surface area contributed by atoms with Gasteiger partial charge in [0.1, 0.15) is 5.75 Å². The van der Waals surface area contributed by atoms with Gasteiger partial charge in [0.05, 0.1) is 20.1 Å². The largest absolute Gasteiger partial charge is 0.497 e. The van der Waals surface area contributed by atoms with Crippen molar-refractivity contribution in [2.24, 2.45) is 0 Å². The smallest absolute Gasteiger partial charge is 0.310 e. The molecule has 0 unspecified atom stereocenters. The van der Waals surface area contributed by atoms with Crippen molar-refractivity contribution >= 4 is 5.97 Å². The Morgan fingerprint density at radius 1 is 1.05 bits per heavy atom.